The highest BCUT2D eigenvalue weighted by atomic mass is 16.6. The van der Waals surface area contributed by atoms with Gasteiger partial charge in [0.15, 0.2) is 0 Å². The predicted octanol–water partition coefficient (Wildman–Crippen LogP) is 1.49. The van der Waals surface area contributed by atoms with Gasteiger partial charge in [-0.15, -0.1) is 0 Å². The second-order valence-electron chi connectivity index (χ2n) is 5.45. The number of nitrogens with zero attached hydrogens (tertiary/aromatic N) is 4. The molecule has 3 heterocycles. The van der Waals surface area contributed by atoms with Crippen molar-refractivity contribution in [1.82, 2.24) is 9.97 Å². The van der Waals surface area contributed by atoms with E-state index in [4.69, 9.17) is 4.74 Å². The summed E-state index contributed by atoms with van der Waals surface area (Å²) in [5, 5.41) is 14.4. The van der Waals surface area contributed by atoms with Crippen LogP contribution in [0.1, 0.15) is 25.5 Å². The molecule has 2 saturated heterocycles. The molecule has 2 fully saturated rings. The Morgan fingerprint density at radius 3 is 2.62 bits per heavy atom. The number of ether oxygens (including phenoxy) is 1. The van der Waals surface area contributed by atoms with Gasteiger partial charge < -0.3 is 15.0 Å². The highest BCUT2D eigenvalue weighted by Crippen LogP contribution is 2.35. The highest BCUT2D eigenvalue weighted by Gasteiger charge is 2.37. The van der Waals surface area contributed by atoms with Crippen molar-refractivity contribution >= 4 is 17.5 Å². The Hall–Kier alpha value is -1.96. The molecule has 0 aromatic carbocycles. The maximum atomic E-state index is 11.4. The molecule has 3 rings (SSSR count). The van der Waals surface area contributed by atoms with E-state index in [0.29, 0.717) is 37.1 Å². The maximum Gasteiger partial charge on any atom is 0.332 e. The van der Waals surface area contributed by atoms with Crippen LogP contribution in [0.4, 0.5) is 17.5 Å². The molecule has 114 valence electrons. The SMILES string of the molecule is CCNc1nc(C)c([N+](=O)[O-])c(N2CC3CCC(C2)O3)n1. The zero-order valence-electron chi connectivity index (χ0n) is 12.2. The van der Waals surface area contributed by atoms with E-state index in [1.54, 1.807) is 6.92 Å². The van der Waals surface area contributed by atoms with Crippen molar-refractivity contribution in [2.45, 2.75) is 38.9 Å². The third-order valence-corrected chi connectivity index (χ3v) is 3.90. The predicted molar refractivity (Wildman–Crippen MR) is 77.7 cm³/mol. The van der Waals surface area contributed by atoms with Crippen molar-refractivity contribution in [2.24, 2.45) is 0 Å². The van der Waals surface area contributed by atoms with E-state index in [1.807, 2.05) is 11.8 Å². The van der Waals surface area contributed by atoms with Gasteiger partial charge in [-0.1, -0.05) is 0 Å². The molecule has 2 aliphatic rings. The van der Waals surface area contributed by atoms with Crippen molar-refractivity contribution in [1.29, 1.82) is 0 Å². The van der Waals surface area contributed by atoms with Crippen LogP contribution in [0, 0.1) is 17.0 Å². The van der Waals surface area contributed by atoms with Crippen LogP contribution >= 0.6 is 0 Å². The zero-order chi connectivity index (χ0) is 15.0. The largest absolute Gasteiger partial charge is 0.371 e. The molecular formula is C13H19N5O3. The van der Waals surface area contributed by atoms with Gasteiger partial charge in [-0.05, 0) is 26.7 Å². The number of morpholine rings is 1. The molecule has 0 amide bonds. The van der Waals surface area contributed by atoms with Gasteiger partial charge in [0.1, 0.15) is 5.69 Å². The molecule has 21 heavy (non-hydrogen) atoms. The third-order valence-electron chi connectivity index (χ3n) is 3.90. The summed E-state index contributed by atoms with van der Waals surface area (Å²) in [7, 11) is 0. The van der Waals surface area contributed by atoms with E-state index in [9.17, 15) is 10.1 Å². The minimum Gasteiger partial charge on any atom is -0.371 e. The first kappa shape index (κ1) is 14.0. The molecule has 8 heteroatoms. The number of rotatable bonds is 4. The molecular weight excluding hydrogens is 274 g/mol. The molecule has 1 N–H and O–H groups in total. The minimum atomic E-state index is -0.391. The summed E-state index contributed by atoms with van der Waals surface area (Å²) >= 11 is 0. The van der Waals surface area contributed by atoms with Gasteiger partial charge >= 0.3 is 5.69 Å². The van der Waals surface area contributed by atoms with Crippen molar-refractivity contribution < 1.29 is 9.66 Å². The van der Waals surface area contributed by atoms with Crippen LogP contribution in [0.2, 0.25) is 0 Å². The molecule has 2 aliphatic heterocycles. The van der Waals surface area contributed by atoms with Crippen molar-refractivity contribution in [3.8, 4) is 0 Å². The third kappa shape index (κ3) is 2.63. The fourth-order valence-electron chi connectivity index (χ4n) is 3.01. The molecule has 8 nitrogen and oxygen atoms in total. The Balaban J connectivity index is 2.00. The normalized spacial score (nSPS) is 24.2. The van der Waals surface area contributed by atoms with E-state index in [-0.39, 0.29) is 17.9 Å². The first-order chi connectivity index (χ1) is 10.1. The van der Waals surface area contributed by atoms with Gasteiger partial charge in [-0.25, -0.2) is 4.98 Å². The lowest BCUT2D eigenvalue weighted by Gasteiger charge is -2.32. The number of fused-ring (bicyclic) bond motifs is 2. The summed E-state index contributed by atoms with van der Waals surface area (Å²) in [4.78, 5) is 21.5. The lowest BCUT2D eigenvalue weighted by atomic mass is 10.2. The van der Waals surface area contributed by atoms with Gasteiger partial charge in [-0.3, -0.25) is 10.1 Å². The Morgan fingerprint density at radius 2 is 2.05 bits per heavy atom. The Morgan fingerprint density at radius 1 is 1.38 bits per heavy atom. The molecule has 0 spiro atoms. The van der Waals surface area contributed by atoms with Crippen LogP contribution < -0.4 is 10.2 Å². The second-order valence-corrected chi connectivity index (χ2v) is 5.45. The van der Waals surface area contributed by atoms with Crippen LogP contribution in [0.15, 0.2) is 0 Å². The highest BCUT2D eigenvalue weighted by molar-refractivity contribution is 5.63. The first-order valence-electron chi connectivity index (χ1n) is 7.25. The number of hydrogen-bond donors (Lipinski definition) is 1. The molecule has 2 atom stereocenters. The van der Waals surface area contributed by atoms with E-state index in [1.165, 1.54) is 0 Å². The minimum absolute atomic E-state index is 0.00190. The first-order valence-corrected chi connectivity index (χ1v) is 7.25. The van der Waals surface area contributed by atoms with Crippen LogP contribution in [-0.2, 0) is 4.74 Å². The van der Waals surface area contributed by atoms with Crippen LogP contribution in [0.25, 0.3) is 0 Å². The molecule has 1 aromatic heterocycles. The molecule has 0 saturated carbocycles. The van der Waals surface area contributed by atoms with Crippen molar-refractivity contribution in [2.75, 3.05) is 29.9 Å². The monoisotopic (exact) mass is 293 g/mol. The summed E-state index contributed by atoms with van der Waals surface area (Å²) in [5.74, 6) is 0.845. The molecule has 0 aliphatic carbocycles. The fourth-order valence-corrected chi connectivity index (χ4v) is 3.01. The maximum absolute atomic E-state index is 11.4. The van der Waals surface area contributed by atoms with E-state index in [0.717, 1.165) is 12.8 Å². The Labute approximate surface area is 122 Å². The number of aromatic nitrogens is 2. The summed E-state index contributed by atoms with van der Waals surface area (Å²) in [6.45, 7) is 5.57. The molecule has 2 unspecified atom stereocenters. The van der Waals surface area contributed by atoms with Gasteiger partial charge in [0.05, 0.1) is 17.1 Å². The average molecular weight is 293 g/mol. The fraction of sp³-hybridized carbons (Fsp3) is 0.692. The van der Waals surface area contributed by atoms with Gasteiger partial charge in [0.25, 0.3) is 0 Å². The number of anilines is 2. The molecule has 2 bridgehead atoms. The van der Waals surface area contributed by atoms with Gasteiger partial charge in [0.2, 0.25) is 11.8 Å². The van der Waals surface area contributed by atoms with Crippen LogP contribution in [0.3, 0.4) is 0 Å². The standard InChI is InChI=1S/C13H19N5O3/c1-3-14-13-15-8(2)11(18(19)20)12(16-13)17-6-9-4-5-10(7-17)21-9/h9-10H,3-7H2,1-2H3,(H,14,15,16). The second kappa shape index (κ2) is 5.44. The smallest absolute Gasteiger partial charge is 0.332 e. The van der Waals surface area contributed by atoms with Gasteiger partial charge in [-0.2, -0.15) is 4.98 Å². The Kier molecular flexibility index (Phi) is 3.62. The zero-order valence-corrected chi connectivity index (χ0v) is 12.2. The van der Waals surface area contributed by atoms with Crippen molar-refractivity contribution in [3.05, 3.63) is 15.8 Å². The van der Waals surface area contributed by atoms with E-state index in [2.05, 4.69) is 15.3 Å². The van der Waals surface area contributed by atoms with Crippen LogP contribution in [-0.4, -0.2) is 46.7 Å². The summed E-state index contributed by atoms with van der Waals surface area (Å²) < 4.78 is 5.79. The molecule has 0 radical (unpaired) electrons. The Bertz CT molecular complexity index is 553. The molecule has 1 aromatic rings. The number of hydrogen-bond acceptors (Lipinski definition) is 7. The van der Waals surface area contributed by atoms with Gasteiger partial charge in [0, 0.05) is 19.6 Å². The van der Waals surface area contributed by atoms with E-state index >= 15 is 0 Å². The average Bonchev–Trinajstić information content (AvgIpc) is 2.76. The lowest BCUT2D eigenvalue weighted by Crippen LogP contribution is -2.43. The summed E-state index contributed by atoms with van der Waals surface area (Å²) in [6.07, 6.45) is 2.33. The summed E-state index contributed by atoms with van der Waals surface area (Å²) in [5.41, 5.74) is 0.387. The number of nitro groups is 1. The van der Waals surface area contributed by atoms with Crippen molar-refractivity contribution in [3.63, 3.8) is 0 Å². The lowest BCUT2D eigenvalue weighted by molar-refractivity contribution is -0.385. The van der Waals surface area contributed by atoms with Crippen LogP contribution in [0.5, 0.6) is 0 Å². The summed E-state index contributed by atoms with van der Waals surface area (Å²) in [6, 6.07) is 0. The number of nitrogens with one attached hydrogen (secondary N) is 1. The van der Waals surface area contributed by atoms with E-state index < -0.39 is 4.92 Å². The topological polar surface area (TPSA) is 93.4 Å². The quantitative estimate of drug-likeness (QED) is 0.664. The number of aryl methyl sites for hydroxylation is 1.